The summed E-state index contributed by atoms with van der Waals surface area (Å²) in [4.78, 5) is 27.6. The van der Waals surface area contributed by atoms with E-state index in [2.05, 4.69) is 17.2 Å². The minimum Gasteiger partial charge on any atom is -0.379 e. The standard InChI is InChI=1S/C25H34ClN5O2/c1-16-14-18(7-9-20(16)25(33)31-12-3-4-13-31)24(32)30-22(6-5-11-27)17(2)29-23-10-8-19(26)15-21(23)28/h7-10,14-15,21-23,29H,2-6,11-13,27-28H2,1H3,(H,30,32)/t21?,22-,23?/m0/s1. The van der Waals surface area contributed by atoms with Crippen LogP contribution in [-0.4, -0.2) is 54.5 Å². The highest BCUT2D eigenvalue weighted by atomic mass is 35.5. The van der Waals surface area contributed by atoms with E-state index in [0.717, 1.165) is 37.9 Å². The quantitative estimate of drug-likeness (QED) is 0.442. The van der Waals surface area contributed by atoms with Crippen molar-refractivity contribution in [3.63, 3.8) is 0 Å². The molecule has 1 fully saturated rings. The van der Waals surface area contributed by atoms with Crippen molar-refractivity contribution in [2.45, 2.75) is 50.7 Å². The van der Waals surface area contributed by atoms with Crippen LogP contribution in [0.3, 0.4) is 0 Å². The molecule has 0 saturated carbocycles. The van der Waals surface area contributed by atoms with E-state index in [1.807, 2.05) is 17.9 Å². The van der Waals surface area contributed by atoms with Crippen molar-refractivity contribution in [3.05, 3.63) is 70.4 Å². The number of nitrogens with zero attached hydrogens (tertiary/aromatic N) is 1. The van der Waals surface area contributed by atoms with Gasteiger partial charge in [0.25, 0.3) is 11.8 Å². The maximum Gasteiger partial charge on any atom is 0.254 e. The molecule has 1 aromatic rings. The van der Waals surface area contributed by atoms with E-state index >= 15 is 0 Å². The minimum atomic E-state index is -0.325. The molecule has 0 aromatic heterocycles. The van der Waals surface area contributed by atoms with Crippen LogP contribution in [0.1, 0.15) is 52.0 Å². The van der Waals surface area contributed by atoms with Gasteiger partial charge in [-0.05, 0) is 75.1 Å². The van der Waals surface area contributed by atoms with Gasteiger partial charge in [-0.25, -0.2) is 0 Å². The molecule has 0 spiro atoms. The number of carbonyl (C=O) groups is 2. The van der Waals surface area contributed by atoms with Crippen LogP contribution in [0.2, 0.25) is 0 Å². The molecule has 1 aliphatic heterocycles. The number of hydrogen-bond acceptors (Lipinski definition) is 5. The maximum atomic E-state index is 13.0. The van der Waals surface area contributed by atoms with Crippen LogP contribution in [0.15, 0.2) is 53.7 Å². The summed E-state index contributed by atoms with van der Waals surface area (Å²) < 4.78 is 0. The fourth-order valence-electron chi connectivity index (χ4n) is 4.16. The summed E-state index contributed by atoms with van der Waals surface area (Å²) in [6.45, 7) is 8.10. The Bertz CT molecular complexity index is 952. The highest BCUT2D eigenvalue weighted by molar-refractivity contribution is 6.31. The molecule has 8 heteroatoms. The van der Waals surface area contributed by atoms with Crippen LogP contribution in [0.5, 0.6) is 0 Å². The molecule has 1 saturated heterocycles. The van der Waals surface area contributed by atoms with Gasteiger partial charge in [-0.15, -0.1) is 0 Å². The summed E-state index contributed by atoms with van der Waals surface area (Å²) in [5.74, 6) is -0.198. The highest BCUT2D eigenvalue weighted by Gasteiger charge is 2.24. The molecule has 178 valence electrons. The van der Waals surface area contributed by atoms with Gasteiger partial charge in [-0.1, -0.05) is 24.3 Å². The number of nitrogens with two attached hydrogens (primary N) is 2. The lowest BCUT2D eigenvalue weighted by Gasteiger charge is -2.29. The molecule has 6 N–H and O–H groups in total. The molecule has 1 aromatic carbocycles. The largest absolute Gasteiger partial charge is 0.379 e. The molecular formula is C25H34ClN5O2. The molecule has 2 aliphatic rings. The zero-order valence-electron chi connectivity index (χ0n) is 19.1. The average molecular weight is 472 g/mol. The van der Waals surface area contributed by atoms with Gasteiger partial charge in [0.1, 0.15) is 0 Å². The fraction of sp³-hybridized carbons (Fsp3) is 0.440. The molecule has 1 heterocycles. The summed E-state index contributed by atoms with van der Waals surface area (Å²) >= 11 is 6.01. The van der Waals surface area contributed by atoms with Crippen molar-refractivity contribution < 1.29 is 9.59 Å². The summed E-state index contributed by atoms with van der Waals surface area (Å²) in [5, 5.41) is 6.96. The second-order valence-electron chi connectivity index (χ2n) is 8.67. The zero-order valence-corrected chi connectivity index (χ0v) is 19.9. The van der Waals surface area contributed by atoms with Crippen molar-refractivity contribution in [2.24, 2.45) is 11.5 Å². The fourth-order valence-corrected chi connectivity index (χ4v) is 4.38. The zero-order chi connectivity index (χ0) is 24.0. The lowest BCUT2D eigenvalue weighted by molar-refractivity contribution is 0.0791. The molecule has 2 unspecified atom stereocenters. The summed E-state index contributed by atoms with van der Waals surface area (Å²) in [5.41, 5.74) is 14.5. The molecule has 3 rings (SSSR count). The second kappa shape index (κ2) is 11.5. The number of carbonyl (C=O) groups excluding carboxylic acids is 2. The Balaban J connectivity index is 1.67. The van der Waals surface area contributed by atoms with Crippen LogP contribution >= 0.6 is 11.6 Å². The molecule has 33 heavy (non-hydrogen) atoms. The first-order chi connectivity index (χ1) is 15.8. The monoisotopic (exact) mass is 471 g/mol. The van der Waals surface area contributed by atoms with Gasteiger partial charge < -0.3 is 27.0 Å². The Kier molecular flexibility index (Phi) is 8.72. The number of halogens is 1. The molecule has 3 atom stereocenters. The van der Waals surface area contributed by atoms with E-state index in [4.69, 9.17) is 23.1 Å². The van der Waals surface area contributed by atoms with Gasteiger partial charge in [-0.3, -0.25) is 9.59 Å². The number of rotatable bonds is 9. The third-order valence-corrected chi connectivity index (χ3v) is 6.37. The van der Waals surface area contributed by atoms with Crippen molar-refractivity contribution in [1.82, 2.24) is 15.5 Å². The number of amides is 2. The molecule has 2 amide bonds. The Morgan fingerprint density at radius 1 is 1.30 bits per heavy atom. The van der Waals surface area contributed by atoms with Crippen LogP contribution in [-0.2, 0) is 0 Å². The maximum absolute atomic E-state index is 13.0. The van der Waals surface area contributed by atoms with Gasteiger partial charge in [0.05, 0.1) is 12.1 Å². The first-order valence-electron chi connectivity index (χ1n) is 11.5. The first-order valence-corrected chi connectivity index (χ1v) is 11.8. The number of aryl methyl sites for hydroxylation is 1. The van der Waals surface area contributed by atoms with E-state index < -0.39 is 0 Å². The lowest BCUT2D eigenvalue weighted by atomic mass is 10.0. The van der Waals surface area contributed by atoms with Crippen molar-refractivity contribution in [3.8, 4) is 0 Å². The molecule has 1 aliphatic carbocycles. The average Bonchev–Trinajstić information content (AvgIpc) is 3.32. The Labute approximate surface area is 200 Å². The smallest absolute Gasteiger partial charge is 0.254 e. The van der Waals surface area contributed by atoms with Crippen molar-refractivity contribution >= 4 is 23.4 Å². The normalized spacial score (nSPS) is 20.8. The van der Waals surface area contributed by atoms with E-state index in [0.29, 0.717) is 34.8 Å². The SMILES string of the molecule is C=C(NC1C=CC(Cl)=CC1N)[C@H](CCCN)NC(=O)c1ccc(C(=O)N2CCCC2)c(C)c1. The number of allylic oxidation sites excluding steroid dienone is 2. The van der Waals surface area contributed by atoms with Crippen LogP contribution in [0, 0.1) is 6.92 Å². The summed E-state index contributed by atoms with van der Waals surface area (Å²) in [7, 11) is 0. The van der Waals surface area contributed by atoms with Crippen LogP contribution < -0.4 is 22.1 Å². The molecule has 0 bridgehead atoms. The Hall–Kier alpha value is -2.61. The van der Waals surface area contributed by atoms with Crippen molar-refractivity contribution in [2.75, 3.05) is 19.6 Å². The topological polar surface area (TPSA) is 113 Å². The Morgan fingerprint density at radius 2 is 2.03 bits per heavy atom. The number of likely N-dealkylation sites (tertiary alicyclic amines) is 1. The summed E-state index contributed by atoms with van der Waals surface area (Å²) in [6, 6.07) is 4.42. The predicted octanol–water partition coefficient (Wildman–Crippen LogP) is 2.56. The van der Waals surface area contributed by atoms with Gasteiger partial charge in [-0.2, -0.15) is 0 Å². The minimum absolute atomic E-state index is 0.0291. The van der Waals surface area contributed by atoms with Gasteiger partial charge in [0.2, 0.25) is 0 Å². The first kappa shape index (κ1) is 25.0. The van der Waals surface area contributed by atoms with E-state index in [1.54, 1.807) is 30.4 Å². The third-order valence-electron chi connectivity index (χ3n) is 6.12. The van der Waals surface area contributed by atoms with Crippen LogP contribution in [0.4, 0.5) is 0 Å². The van der Waals surface area contributed by atoms with Gasteiger partial charge in [0, 0.05) is 41.0 Å². The van der Waals surface area contributed by atoms with E-state index in [1.165, 1.54) is 0 Å². The summed E-state index contributed by atoms with van der Waals surface area (Å²) in [6.07, 6.45) is 8.90. The number of hydrogen-bond donors (Lipinski definition) is 4. The number of nitrogens with one attached hydrogen (secondary N) is 2. The molecule has 0 radical (unpaired) electrons. The second-order valence-corrected chi connectivity index (χ2v) is 9.11. The predicted molar refractivity (Wildman–Crippen MR) is 133 cm³/mol. The number of benzene rings is 1. The lowest BCUT2D eigenvalue weighted by Crippen LogP contribution is -2.48. The van der Waals surface area contributed by atoms with E-state index in [9.17, 15) is 9.59 Å². The Morgan fingerprint density at radius 3 is 2.67 bits per heavy atom. The van der Waals surface area contributed by atoms with E-state index in [-0.39, 0.29) is 29.9 Å². The van der Waals surface area contributed by atoms with Crippen LogP contribution in [0.25, 0.3) is 0 Å². The molecular weight excluding hydrogens is 438 g/mol. The van der Waals surface area contributed by atoms with Gasteiger partial charge in [0.15, 0.2) is 0 Å². The van der Waals surface area contributed by atoms with Gasteiger partial charge >= 0.3 is 0 Å². The third kappa shape index (κ3) is 6.47. The van der Waals surface area contributed by atoms with Crippen molar-refractivity contribution in [1.29, 1.82) is 0 Å². The highest BCUT2D eigenvalue weighted by Crippen LogP contribution is 2.19. The molecule has 7 nitrogen and oxygen atoms in total.